The summed E-state index contributed by atoms with van der Waals surface area (Å²) in [5.74, 6) is -1.11. The number of carboxylic acid groups (broad SMARTS) is 1. The number of ether oxygens (including phenoxy) is 1. The van der Waals surface area contributed by atoms with Crippen LogP contribution in [0.3, 0.4) is 0 Å². The number of anilines is 1. The molecule has 8 nitrogen and oxygen atoms in total. The van der Waals surface area contributed by atoms with E-state index in [0.29, 0.717) is 39.8 Å². The number of aromatic carboxylic acids is 1. The van der Waals surface area contributed by atoms with Crippen LogP contribution in [0.1, 0.15) is 59.9 Å². The van der Waals surface area contributed by atoms with Crippen LogP contribution in [0.4, 0.5) is 10.1 Å². The third-order valence-electron chi connectivity index (χ3n) is 7.38. The Morgan fingerprint density at radius 3 is 2.43 bits per heavy atom. The Hall–Kier alpha value is -3.92. The fraction of sp³-hybridized carbons (Fsp3) is 0.303. The zero-order valence-corrected chi connectivity index (χ0v) is 26.3. The molecule has 1 saturated heterocycles. The fourth-order valence-corrected chi connectivity index (χ4v) is 5.38. The van der Waals surface area contributed by atoms with Gasteiger partial charge in [0, 0.05) is 35.9 Å². The molecule has 1 aliphatic heterocycles. The van der Waals surface area contributed by atoms with Crippen molar-refractivity contribution in [2.45, 2.75) is 51.8 Å². The monoisotopic (exact) mass is 640 g/mol. The molecular weight excluding hydrogens is 606 g/mol. The molecule has 3 aromatic carbocycles. The molecule has 5 rings (SSSR count). The molecule has 0 spiro atoms. The Bertz CT molecular complexity index is 1630. The first-order valence-electron chi connectivity index (χ1n) is 14.1. The number of likely N-dealkylation sites (tertiary alicyclic amines) is 1. The number of rotatable bonds is 8. The summed E-state index contributed by atoms with van der Waals surface area (Å²) in [4.78, 5) is 27.1. The van der Waals surface area contributed by atoms with Gasteiger partial charge in [-0.3, -0.25) is 14.4 Å². The Morgan fingerprint density at radius 2 is 1.77 bits per heavy atom. The minimum Gasteiger partial charge on any atom is -0.490 e. The van der Waals surface area contributed by atoms with E-state index < -0.39 is 11.5 Å². The van der Waals surface area contributed by atoms with E-state index >= 15 is 0 Å². The molecule has 2 heterocycles. The van der Waals surface area contributed by atoms with Gasteiger partial charge >= 0.3 is 5.97 Å². The highest BCUT2D eigenvalue weighted by molar-refractivity contribution is 6.31. The molecule has 4 aromatic rings. The number of halogens is 3. The average molecular weight is 642 g/mol. The van der Waals surface area contributed by atoms with Crippen LogP contribution in [0.15, 0.2) is 72.9 Å². The minimum absolute atomic E-state index is 0. The standard InChI is InChI=1S/C33H34ClFN4O4.ClH/c1-33(2,3)39-30(21-7-9-24(35)10-8-21)28(19-36-39)31(40)37-25-11-12-29(34)23(17-25)20-38-15-13-26(14-16-38)43-27-6-4-5-22(18-27)32(41)42;/h4-12,17-19,26H,13-16,20H2,1-3H3,(H,37,40)(H,41,42);1H. The lowest BCUT2D eigenvalue weighted by atomic mass is 10.0. The van der Waals surface area contributed by atoms with Crippen molar-refractivity contribution in [3.63, 3.8) is 0 Å². The van der Waals surface area contributed by atoms with E-state index in [-0.39, 0.29) is 35.8 Å². The molecule has 0 saturated carbocycles. The van der Waals surface area contributed by atoms with E-state index in [4.69, 9.17) is 16.3 Å². The van der Waals surface area contributed by atoms with Crippen LogP contribution in [0.5, 0.6) is 5.75 Å². The van der Waals surface area contributed by atoms with Gasteiger partial charge in [-0.15, -0.1) is 12.4 Å². The lowest BCUT2D eigenvalue weighted by Crippen LogP contribution is -2.37. The highest BCUT2D eigenvalue weighted by Gasteiger charge is 2.26. The van der Waals surface area contributed by atoms with Crippen LogP contribution in [0.2, 0.25) is 5.02 Å². The zero-order valence-electron chi connectivity index (χ0n) is 24.7. The van der Waals surface area contributed by atoms with Crippen molar-refractivity contribution >= 4 is 41.6 Å². The molecule has 44 heavy (non-hydrogen) atoms. The fourth-order valence-electron chi connectivity index (χ4n) is 5.20. The van der Waals surface area contributed by atoms with E-state index in [1.54, 1.807) is 59.4 Å². The third-order valence-corrected chi connectivity index (χ3v) is 7.75. The van der Waals surface area contributed by atoms with Gasteiger partial charge in [0.2, 0.25) is 0 Å². The van der Waals surface area contributed by atoms with Crippen LogP contribution in [-0.4, -0.2) is 50.9 Å². The summed E-state index contributed by atoms with van der Waals surface area (Å²) in [7, 11) is 0. The molecule has 1 aromatic heterocycles. The van der Waals surface area contributed by atoms with Crippen molar-refractivity contribution in [3.8, 4) is 17.0 Å². The highest BCUT2D eigenvalue weighted by Crippen LogP contribution is 2.31. The van der Waals surface area contributed by atoms with Crippen LogP contribution in [0, 0.1) is 5.82 Å². The van der Waals surface area contributed by atoms with Crippen molar-refractivity contribution in [3.05, 3.63) is 100 Å². The largest absolute Gasteiger partial charge is 0.490 e. The number of hydrogen-bond acceptors (Lipinski definition) is 5. The van der Waals surface area contributed by atoms with Gasteiger partial charge < -0.3 is 15.2 Å². The first-order valence-corrected chi connectivity index (χ1v) is 14.5. The molecule has 11 heteroatoms. The maximum atomic E-state index is 13.7. The molecule has 0 unspecified atom stereocenters. The molecule has 0 bridgehead atoms. The first-order chi connectivity index (χ1) is 20.5. The van der Waals surface area contributed by atoms with Gasteiger partial charge in [-0.1, -0.05) is 17.7 Å². The molecular formula is C33H35Cl2FN4O4. The van der Waals surface area contributed by atoms with Gasteiger partial charge in [0.05, 0.1) is 28.6 Å². The maximum absolute atomic E-state index is 13.7. The molecule has 1 aliphatic rings. The van der Waals surface area contributed by atoms with Crippen LogP contribution in [-0.2, 0) is 12.1 Å². The molecule has 0 atom stereocenters. The SMILES string of the molecule is CC(C)(C)n1ncc(C(=O)Nc2ccc(Cl)c(CN3CCC(Oc4cccc(C(=O)O)c4)CC3)c2)c1-c1ccc(F)cc1.Cl. The number of piperidine rings is 1. The Balaban J connectivity index is 0.00000442. The van der Waals surface area contributed by atoms with Crippen LogP contribution in [0.25, 0.3) is 11.3 Å². The van der Waals surface area contributed by atoms with Gasteiger partial charge in [-0.25, -0.2) is 9.18 Å². The molecule has 0 aliphatic carbocycles. The van der Waals surface area contributed by atoms with Crippen LogP contribution >= 0.6 is 24.0 Å². The summed E-state index contributed by atoms with van der Waals surface area (Å²) in [6.07, 6.45) is 3.11. The van der Waals surface area contributed by atoms with E-state index in [1.165, 1.54) is 12.1 Å². The summed E-state index contributed by atoms with van der Waals surface area (Å²) >= 11 is 6.56. The normalized spacial score (nSPS) is 14.1. The van der Waals surface area contributed by atoms with Crippen molar-refractivity contribution in [1.29, 1.82) is 0 Å². The van der Waals surface area contributed by atoms with E-state index in [2.05, 4.69) is 15.3 Å². The second-order valence-electron chi connectivity index (χ2n) is 11.7. The number of carboxylic acids is 1. The molecule has 2 N–H and O–H groups in total. The molecule has 1 fully saturated rings. The van der Waals surface area contributed by atoms with Gasteiger partial charge in [0.25, 0.3) is 5.91 Å². The topological polar surface area (TPSA) is 96.7 Å². The second kappa shape index (κ2) is 13.8. The predicted molar refractivity (Wildman–Crippen MR) is 172 cm³/mol. The van der Waals surface area contributed by atoms with Gasteiger partial charge in [-0.2, -0.15) is 5.10 Å². The highest BCUT2D eigenvalue weighted by atomic mass is 35.5. The average Bonchev–Trinajstić information content (AvgIpc) is 3.43. The van der Waals surface area contributed by atoms with E-state index in [0.717, 1.165) is 31.5 Å². The number of carbonyl (C=O) groups is 2. The summed E-state index contributed by atoms with van der Waals surface area (Å²) in [5, 5.41) is 17.3. The summed E-state index contributed by atoms with van der Waals surface area (Å²) < 4.78 is 21.5. The van der Waals surface area contributed by atoms with Crippen molar-refractivity contribution in [1.82, 2.24) is 14.7 Å². The summed E-state index contributed by atoms with van der Waals surface area (Å²) in [5.41, 5.74) is 2.97. The van der Waals surface area contributed by atoms with Crippen molar-refractivity contribution < 1.29 is 23.8 Å². The quantitative estimate of drug-likeness (QED) is 0.207. The predicted octanol–water partition coefficient (Wildman–Crippen LogP) is 7.51. The van der Waals surface area contributed by atoms with Gasteiger partial charge in [0.15, 0.2) is 0 Å². The van der Waals surface area contributed by atoms with Gasteiger partial charge in [0.1, 0.15) is 17.7 Å². The lowest BCUT2D eigenvalue weighted by Gasteiger charge is -2.32. The number of carbonyl (C=O) groups excluding carboxylic acids is 1. The number of benzene rings is 3. The van der Waals surface area contributed by atoms with Crippen molar-refractivity contribution in [2.75, 3.05) is 18.4 Å². The maximum Gasteiger partial charge on any atom is 0.335 e. The number of nitrogens with zero attached hydrogens (tertiary/aromatic N) is 3. The van der Waals surface area contributed by atoms with Crippen molar-refractivity contribution in [2.24, 2.45) is 0 Å². The summed E-state index contributed by atoms with van der Waals surface area (Å²) in [6, 6.07) is 18.0. The van der Waals surface area contributed by atoms with E-state index in [1.807, 2.05) is 26.8 Å². The van der Waals surface area contributed by atoms with Gasteiger partial charge in [-0.05, 0) is 99.8 Å². The number of nitrogens with one attached hydrogen (secondary N) is 1. The second-order valence-corrected chi connectivity index (χ2v) is 12.1. The van der Waals surface area contributed by atoms with Crippen LogP contribution < -0.4 is 10.1 Å². The minimum atomic E-state index is -0.983. The number of aromatic nitrogens is 2. The Morgan fingerprint density at radius 1 is 1.07 bits per heavy atom. The lowest BCUT2D eigenvalue weighted by molar-refractivity contribution is 0.0694. The zero-order chi connectivity index (χ0) is 30.7. The molecule has 0 radical (unpaired) electrons. The molecule has 1 amide bonds. The molecule has 232 valence electrons. The van der Waals surface area contributed by atoms with E-state index in [9.17, 15) is 19.1 Å². The first kappa shape index (κ1) is 33.0. The summed E-state index contributed by atoms with van der Waals surface area (Å²) in [6.45, 7) is 8.14. The number of amides is 1. The Labute approximate surface area is 267 Å². The number of hydrogen-bond donors (Lipinski definition) is 2. The smallest absolute Gasteiger partial charge is 0.335 e. The third kappa shape index (κ3) is 7.77. The Kier molecular flexibility index (Phi) is 10.3.